The maximum Gasteiger partial charge on any atom is 0.259 e. The molecule has 4 aromatic rings. The number of nitrogens with zero attached hydrogens (tertiary/aromatic N) is 7. The maximum absolute atomic E-state index is 13.2. The van der Waals surface area contributed by atoms with Gasteiger partial charge in [-0.05, 0) is 31.4 Å². The molecule has 1 unspecified atom stereocenters. The van der Waals surface area contributed by atoms with Gasteiger partial charge in [0.2, 0.25) is 11.8 Å². The molecule has 2 bridgehead atoms. The van der Waals surface area contributed by atoms with Crippen molar-refractivity contribution in [2.75, 3.05) is 12.4 Å². The third-order valence-corrected chi connectivity index (χ3v) is 5.98. The largest absolute Gasteiger partial charge is 0.481 e. The van der Waals surface area contributed by atoms with E-state index < -0.39 is 0 Å². The Kier molecular flexibility index (Phi) is 6.04. The molecular weight excluding hydrogens is 448 g/mol. The number of methoxy groups -OCH3 is 1. The van der Waals surface area contributed by atoms with E-state index in [1.165, 1.54) is 36.6 Å². The third kappa shape index (κ3) is 4.39. The molecule has 1 atom stereocenters. The quantitative estimate of drug-likeness (QED) is 0.482. The molecule has 0 saturated carbocycles. The van der Waals surface area contributed by atoms with Gasteiger partial charge in [0.15, 0.2) is 11.6 Å². The van der Waals surface area contributed by atoms with Crippen LogP contribution in [0.1, 0.15) is 31.9 Å². The van der Waals surface area contributed by atoms with E-state index in [9.17, 15) is 9.59 Å². The molecule has 1 aliphatic heterocycles. The van der Waals surface area contributed by atoms with Gasteiger partial charge in [-0.25, -0.2) is 24.2 Å². The number of hydrogen-bond acceptors (Lipinski definition) is 8. The highest BCUT2D eigenvalue weighted by Gasteiger charge is 2.27. The van der Waals surface area contributed by atoms with E-state index in [0.717, 1.165) is 36.9 Å². The summed E-state index contributed by atoms with van der Waals surface area (Å²) in [6.45, 7) is 1.90. The lowest BCUT2D eigenvalue weighted by Gasteiger charge is -2.16. The van der Waals surface area contributed by atoms with Gasteiger partial charge in [0.25, 0.3) is 5.56 Å². The lowest BCUT2D eigenvalue weighted by atomic mass is 9.99. The molecule has 1 N–H and O–H groups in total. The summed E-state index contributed by atoms with van der Waals surface area (Å²) in [5, 5.41) is 7.78. The highest BCUT2D eigenvalue weighted by molar-refractivity contribution is 5.98. The molecule has 5 heterocycles. The fraction of sp³-hybridized carbons (Fsp3) is 0.292. The number of carbonyl (C=O) groups is 1. The maximum atomic E-state index is 13.2. The number of fused-ring (bicyclic) bond motifs is 4. The Hall–Kier alpha value is -4.41. The number of ether oxygens (including phenoxy) is 1. The Morgan fingerprint density at radius 1 is 1.09 bits per heavy atom. The SMILES string of the molecule is COc1cc(-n2nc(-n3cnccc3=O)c3c2-c2ccnc(c2)CCCCC(C)C(=O)N3)ncn1. The van der Waals surface area contributed by atoms with Crippen LogP contribution in [0.25, 0.3) is 22.9 Å². The van der Waals surface area contributed by atoms with E-state index in [1.807, 2.05) is 19.1 Å². The van der Waals surface area contributed by atoms with Crippen molar-refractivity contribution in [1.82, 2.24) is 34.3 Å². The van der Waals surface area contributed by atoms with Gasteiger partial charge >= 0.3 is 0 Å². The van der Waals surface area contributed by atoms with Crippen LogP contribution in [-0.4, -0.2) is 47.3 Å². The number of pyridine rings is 1. The third-order valence-electron chi connectivity index (χ3n) is 5.98. The predicted molar refractivity (Wildman–Crippen MR) is 128 cm³/mol. The van der Waals surface area contributed by atoms with E-state index in [1.54, 1.807) is 16.9 Å². The van der Waals surface area contributed by atoms with Gasteiger partial charge in [-0.2, -0.15) is 0 Å². The zero-order valence-corrected chi connectivity index (χ0v) is 19.4. The number of carbonyl (C=O) groups excluding carboxylic acids is 1. The van der Waals surface area contributed by atoms with Crippen LogP contribution in [0.2, 0.25) is 0 Å². The Bertz CT molecular complexity index is 1440. The monoisotopic (exact) mass is 472 g/mol. The number of anilines is 1. The molecule has 0 radical (unpaired) electrons. The molecule has 4 aromatic heterocycles. The van der Waals surface area contributed by atoms with Gasteiger partial charge in [0.1, 0.15) is 24.0 Å². The minimum absolute atomic E-state index is 0.154. The molecule has 5 rings (SSSR count). The number of rotatable bonds is 3. The highest BCUT2D eigenvalue weighted by Crippen LogP contribution is 2.36. The molecule has 0 fully saturated rings. The predicted octanol–water partition coefficient (Wildman–Crippen LogP) is 2.58. The first-order valence-corrected chi connectivity index (χ1v) is 11.3. The first-order valence-electron chi connectivity index (χ1n) is 11.3. The Labute approximate surface area is 200 Å². The number of aryl methyl sites for hydroxylation is 1. The molecule has 0 aliphatic carbocycles. The summed E-state index contributed by atoms with van der Waals surface area (Å²) in [6, 6.07) is 6.79. The lowest BCUT2D eigenvalue weighted by Crippen LogP contribution is -2.23. The van der Waals surface area contributed by atoms with Gasteiger partial charge in [0.05, 0.1) is 7.11 Å². The van der Waals surface area contributed by atoms with Crippen LogP contribution in [0.15, 0.2) is 54.1 Å². The van der Waals surface area contributed by atoms with Crippen LogP contribution >= 0.6 is 0 Å². The molecular formula is C24H24N8O3. The fourth-order valence-corrected chi connectivity index (χ4v) is 4.08. The van der Waals surface area contributed by atoms with Crippen LogP contribution in [0.5, 0.6) is 5.88 Å². The number of aromatic nitrogens is 7. The minimum atomic E-state index is -0.337. The van der Waals surface area contributed by atoms with Crippen molar-refractivity contribution in [1.29, 1.82) is 0 Å². The van der Waals surface area contributed by atoms with E-state index in [0.29, 0.717) is 23.1 Å². The number of amides is 1. The molecule has 0 spiro atoms. The first kappa shape index (κ1) is 22.4. The topological polar surface area (TPSA) is 130 Å². The van der Waals surface area contributed by atoms with Crippen LogP contribution in [-0.2, 0) is 11.2 Å². The Morgan fingerprint density at radius 3 is 2.80 bits per heavy atom. The zero-order valence-electron chi connectivity index (χ0n) is 19.4. The number of hydrogen-bond donors (Lipinski definition) is 1. The van der Waals surface area contributed by atoms with E-state index >= 15 is 0 Å². The van der Waals surface area contributed by atoms with Crippen molar-refractivity contribution in [2.45, 2.75) is 32.6 Å². The van der Waals surface area contributed by atoms with Crippen LogP contribution < -0.4 is 15.6 Å². The summed E-state index contributed by atoms with van der Waals surface area (Å²) in [7, 11) is 1.51. The molecule has 11 nitrogen and oxygen atoms in total. The summed E-state index contributed by atoms with van der Waals surface area (Å²) in [5.74, 6) is 0.602. The molecule has 1 amide bonds. The molecule has 178 valence electrons. The van der Waals surface area contributed by atoms with Gasteiger partial charge in [0, 0.05) is 41.7 Å². The smallest absolute Gasteiger partial charge is 0.259 e. The summed E-state index contributed by atoms with van der Waals surface area (Å²) >= 11 is 0. The second-order valence-electron chi connectivity index (χ2n) is 8.34. The molecule has 35 heavy (non-hydrogen) atoms. The second kappa shape index (κ2) is 9.45. The van der Waals surface area contributed by atoms with Crippen molar-refractivity contribution < 1.29 is 9.53 Å². The van der Waals surface area contributed by atoms with Crippen molar-refractivity contribution in [3.63, 3.8) is 0 Å². The Balaban J connectivity index is 1.84. The standard InChI is InChI=1S/C24H24N8O3/c1-15-5-3-4-6-17-11-16(7-10-26-17)22-21(29-24(15)34)23(31-14-25-9-8-20(31)33)30-32(22)18-12-19(35-2)28-13-27-18/h7-15H,3-6H2,1-2H3,(H,29,34). The molecule has 1 aliphatic rings. The first-order chi connectivity index (χ1) is 17.0. The summed E-state index contributed by atoms with van der Waals surface area (Å²) in [6.07, 6.45) is 9.25. The number of nitrogens with one attached hydrogen (secondary N) is 1. The van der Waals surface area contributed by atoms with Gasteiger partial charge < -0.3 is 10.1 Å². The second-order valence-corrected chi connectivity index (χ2v) is 8.34. The van der Waals surface area contributed by atoms with Crippen molar-refractivity contribution in [2.24, 2.45) is 5.92 Å². The van der Waals surface area contributed by atoms with Crippen LogP contribution in [0.3, 0.4) is 0 Å². The van der Waals surface area contributed by atoms with E-state index in [-0.39, 0.29) is 23.2 Å². The van der Waals surface area contributed by atoms with Gasteiger partial charge in [-0.3, -0.25) is 14.6 Å². The van der Waals surface area contributed by atoms with Gasteiger partial charge in [-0.1, -0.05) is 13.3 Å². The minimum Gasteiger partial charge on any atom is -0.481 e. The van der Waals surface area contributed by atoms with Crippen LogP contribution in [0, 0.1) is 5.92 Å². The fourth-order valence-electron chi connectivity index (χ4n) is 4.08. The van der Waals surface area contributed by atoms with E-state index in [4.69, 9.17) is 9.84 Å². The zero-order chi connectivity index (χ0) is 24.4. The normalized spacial score (nSPS) is 15.9. The lowest BCUT2D eigenvalue weighted by molar-refractivity contribution is -0.119. The summed E-state index contributed by atoms with van der Waals surface area (Å²) < 4.78 is 8.15. The van der Waals surface area contributed by atoms with Gasteiger partial charge in [-0.15, -0.1) is 5.10 Å². The van der Waals surface area contributed by atoms with E-state index in [2.05, 4.69) is 25.3 Å². The molecule has 11 heteroatoms. The highest BCUT2D eigenvalue weighted by atomic mass is 16.5. The molecule has 0 aromatic carbocycles. The molecule has 0 saturated heterocycles. The van der Waals surface area contributed by atoms with Crippen LogP contribution in [0.4, 0.5) is 5.69 Å². The van der Waals surface area contributed by atoms with Crippen molar-refractivity contribution >= 4 is 11.6 Å². The summed E-state index contributed by atoms with van der Waals surface area (Å²) in [4.78, 5) is 43.1. The Morgan fingerprint density at radius 2 is 1.97 bits per heavy atom. The van der Waals surface area contributed by atoms with Crippen molar-refractivity contribution in [3.05, 3.63) is 65.4 Å². The average Bonchev–Trinajstić information content (AvgIpc) is 3.25. The van der Waals surface area contributed by atoms with Crippen molar-refractivity contribution in [3.8, 4) is 28.8 Å². The average molecular weight is 473 g/mol. The summed E-state index contributed by atoms with van der Waals surface area (Å²) in [5.41, 5.74) is 2.30.